The summed E-state index contributed by atoms with van der Waals surface area (Å²) in [5.74, 6) is 4.66. The first-order chi connectivity index (χ1) is 27.0. The van der Waals surface area contributed by atoms with Crippen molar-refractivity contribution < 1.29 is 24.2 Å². The lowest BCUT2D eigenvalue weighted by molar-refractivity contribution is -0.121. The molecule has 0 aromatic carbocycles. The number of piperidine rings is 1. The number of Topliss-reactive ketones (excluding diaryl/α,β-unsaturated/α-hetero) is 1. The van der Waals surface area contributed by atoms with Crippen LogP contribution in [0.2, 0.25) is 0 Å². The zero-order chi connectivity index (χ0) is 39.2. The molecule has 4 aliphatic heterocycles. The number of likely N-dealkylation sites (tertiary alicyclic amines) is 1. The van der Waals surface area contributed by atoms with Crippen molar-refractivity contribution in [3.05, 3.63) is 22.8 Å². The first-order valence-electron chi connectivity index (χ1n) is 22.9. The number of carbonyl (C=O) groups is 3. The number of thioether (sulfide) groups is 1. The minimum absolute atomic E-state index is 0.0438. The van der Waals surface area contributed by atoms with Gasteiger partial charge in [0.05, 0.1) is 29.9 Å². The van der Waals surface area contributed by atoms with E-state index < -0.39 is 0 Å². The zero-order valence-corrected chi connectivity index (χ0v) is 35.7. The van der Waals surface area contributed by atoms with Crippen LogP contribution in [0, 0.1) is 35.0 Å². The summed E-state index contributed by atoms with van der Waals surface area (Å²) in [6.07, 6.45) is 20.0. The highest BCUT2D eigenvalue weighted by Crippen LogP contribution is 2.65. The minimum Gasteiger partial charge on any atom is -0.393 e. The fourth-order valence-electron chi connectivity index (χ4n) is 13.5. The predicted molar refractivity (Wildman–Crippen MR) is 223 cm³/mol. The average Bonchev–Trinajstić information content (AvgIpc) is 3.91. The maximum absolute atomic E-state index is 13.0. The molecule has 8 rings (SSSR count). The zero-order valence-electron chi connectivity index (χ0n) is 34.9. The molecule has 0 aromatic rings. The summed E-state index contributed by atoms with van der Waals surface area (Å²) in [6, 6.07) is 0.870. The molecule has 13 atom stereocenters. The molecule has 3 amide bonds. The molecule has 0 radical (unpaired) electrons. The summed E-state index contributed by atoms with van der Waals surface area (Å²) in [7, 11) is 0. The van der Waals surface area contributed by atoms with Crippen LogP contribution in [-0.4, -0.2) is 94.3 Å². The third-order valence-corrected chi connectivity index (χ3v) is 18.0. The molecule has 1 spiro atoms. The van der Waals surface area contributed by atoms with Crippen LogP contribution in [0.4, 0.5) is 4.79 Å². The van der Waals surface area contributed by atoms with E-state index in [2.05, 4.69) is 54.6 Å². The number of aliphatic hydroxyl groups is 1. The van der Waals surface area contributed by atoms with Crippen molar-refractivity contribution in [2.24, 2.45) is 35.0 Å². The van der Waals surface area contributed by atoms with Gasteiger partial charge in [-0.1, -0.05) is 50.8 Å². The Labute approximate surface area is 341 Å². The Morgan fingerprint density at radius 3 is 2.71 bits per heavy atom. The number of fused-ring (bicyclic) bond motifs is 7. The number of hydrogen-bond donors (Lipinski definition) is 4. The normalized spacial score (nSPS) is 41.3. The van der Waals surface area contributed by atoms with E-state index in [0.29, 0.717) is 66.6 Å². The molecule has 2 saturated carbocycles. The van der Waals surface area contributed by atoms with Crippen LogP contribution >= 0.6 is 11.8 Å². The van der Waals surface area contributed by atoms with Gasteiger partial charge < -0.3 is 25.8 Å². The van der Waals surface area contributed by atoms with Crippen LogP contribution in [0.15, 0.2) is 22.8 Å². The topological polar surface area (TPSA) is 120 Å². The van der Waals surface area contributed by atoms with Gasteiger partial charge in [0, 0.05) is 55.3 Å². The van der Waals surface area contributed by atoms with Crippen LogP contribution in [0.1, 0.15) is 143 Å². The Morgan fingerprint density at radius 2 is 1.86 bits per heavy atom. The monoisotopic (exact) mass is 793 g/mol. The molecule has 8 aliphatic rings. The first kappa shape index (κ1) is 40.9. The molecule has 1 unspecified atom stereocenters. The Hall–Kier alpha value is -1.88. The van der Waals surface area contributed by atoms with E-state index in [4.69, 9.17) is 4.74 Å². The second kappa shape index (κ2) is 17.0. The number of allylic oxidation sites excluding steroid dienone is 2. The smallest absolute Gasteiger partial charge is 0.315 e. The van der Waals surface area contributed by atoms with Crippen LogP contribution in [-0.2, 0) is 14.3 Å². The molecule has 4 N–H and O–H groups in total. The predicted octanol–water partition coefficient (Wildman–Crippen LogP) is 7.47. The molecule has 4 heterocycles. The van der Waals surface area contributed by atoms with Crippen LogP contribution in [0.25, 0.3) is 0 Å². The Morgan fingerprint density at radius 1 is 1.04 bits per heavy atom. The molecule has 0 aromatic heterocycles. The third-order valence-electron chi connectivity index (χ3n) is 16.5. The number of amides is 3. The molecule has 4 aliphatic carbocycles. The SMILES string of the molecule is CC1=C2C[C@H]3[C@@H](CC=C4C[C@@H](O)CC[C@@]43C)[C@@H]2CC[C@]12O[C@@H]1C[C@H](C)CN(CCCC(=O)CCCCCNC(=O)CCCCC3SC[C@@H]4NC(=O)N[C@H]34)[C@H]1[C@H]2C. The second-order valence-corrected chi connectivity index (χ2v) is 21.2. The third kappa shape index (κ3) is 7.92. The lowest BCUT2D eigenvalue weighted by Gasteiger charge is -2.49. The summed E-state index contributed by atoms with van der Waals surface area (Å²) in [5, 5.41) is 20.0. The fraction of sp³-hybridized carbons (Fsp3) is 0.848. The summed E-state index contributed by atoms with van der Waals surface area (Å²) in [6.45, 7) is 12.6. The van der Waals surface area contributed by atoms with Crippen molar-refractivity contribution >= 4 is 29.5 Å². The lowest BCUT2D eigenvalue weighted by atomic mass is 9.56. The average molecular weight is 793 g/mol. The number of aliphatic hydroxyl groups excluding tert-OH is 1. The standard InChI is InChI=1S/C46H72N4O5S/c1-28-23-39-43(30(3)46(55-39)20-18-34-35-16-15-31-24-33(52)17-19-45(31,4)37(35)25-36(34)29(46)2)50(26-28)22-10-12-32(51)11-6-5-9-21-47-41(53)14-8-7-13-40-42-38(27-56-40)48-44(54)49-42/h15,28,30,33-35,37-40,42-43,52H,5-14,16-27H2,1-4H3,(H,47,53)(H2,48,49,54)/t28-,30+,33-,34-,35-,37-,38-,39+,40?,42-,43-,45-,46-/m0/s1. The highest BCUT2D eigenvalue weighted by atomic mass is 32.2. The second-order valence-electron chi connectivity index (χ2n) is 19.9. The number of unbranched alkanes of at least 4 members (excludes halogenated alkanes) is 3. The van der Waals surface area contributed by atoms with E-state index in [-0.39, 0.29) is 47.2 Å². The summed E-state index contributed by atoms with van der Waals surface area (Å²) < 4.78 is 7.36. The molecule has 56 heavy (non-hydrogen) atoms. The molecule has 6 fully saturated rings. The number of nitrogens with one attached hydrogen (secondary N) is 3. The van der Waals surface area contributed by atoms with Gasteiger partial charge in [-0.15, -0.1) is 0 Å². The van der Waals surface area contributed by atoms with E-state index in [9.17, 15) is 19.5 Å². The molecule has 4 saturated heterocycles. The van der Waals surface area contributed by atoms with Crippen molar-refractivity contribution in [1.29, 1.82) is 0 Å². The molecular weight excluding hydrogens is 721 g/mol. The van der Waals surface area contributed by atoms with Gasteiger partial charge in [0.2, 0.25) is 5.91 Å². The largest absolute Gasteiger partial charge is 0.393 e. The number of nitrogens with zero attached hydrogens (tertiary/aromatic N) is 1. The number of ether oxygens (including phenoxy) is 1. The number of carbonyl (C=O) groups excluding carboxylic acids is 3. The number of hydrogen-bond acceptors (Lipinski definition) is 7. The van der Waals surface area contributed by atoms with Crippen LogP contribution in [0.5, 0.6) is 0 Å². The Bertz CT molecular complexity index is 1550. The van der Waals surface area contributed by atoms with Gasteiger partial charge in [-0.3, -0.25) is 14.5 Å². The van der Waals surface area contributed by atoms with Gasteiger partial charge in [0.15, 0.2) is 0 Å². The molecule has 10 heteroatoms. The van der Waals surface area contributed by atoms with Crippen molar-refractivity contribution in [2.45, 2.75) is 184 Å². The number of rotatable bonds is 15. The van der Waals surface area contributed by atoms with E-state index in [1.807, 2.05) is 11.8 Å². The number of urea groups is 1. The first-order valence-corrected chi connectivity index (χ1v) is 24.0. The Kier molecular flexibility index (Phi) is 12.4. The molecule has 312 valence electrons. The molecule has 0 bridgehead atoms. The summed E-state index contributed by atoms with van der Waals surface area (Å²) in [5.41, 5.74) is 4.93. The van der Waals surface area contributed by atoms with Gasteiger partial charge in [-0.2, -0.15) is 11.8 Å². The van der Waals surface area contributed by atoms with E-state index >= 15 is 0 Å². The van der Waals surface area contributed by atoms with E-state index in [0.717, 1.165) is 102 Å². The van der Waals surface area contributed by atoms with E-state index in [1.165, 1.54) is 19.3 Å². The van der Waals surface area contributed by atoms with Crippen LogP contribution in [0.3, 0.4) is 0 Å². The highest BCUT2D eigenvalue weighted by molar-refractivity contribution is 8.00. The van der Waals surface area contributed by atoms with Crippen molar-refractivity contribution in [2.75, 3.05) is 25.4 Å². The molecular formula is C46H72N4O5S. The van der Waals surface area contributed by atoms with Gasteiger partial charge in [0.1, 0.15) is 5.78 Å². The molecule has 9 nitrogen and oxygen atoms in total. The van der Waals surface area contributed by atoms with Gasteiger partial charge in [0.25, 0.3) is 0 Å². The van der Waals surface area contributed by atoms with Gasteiger partial charge in [-0.25, -0.2) is 4.79 Å². The van der Waals surface area contributed by atoms with Crippen molar-refractivity contribution in [1.82, 2.24) is 20.9 Å². The quantitative estimate of drug-likeness (QED) is 0.0773. The summed E-state index contributed by atoms with van der Waals surface area (Å²) >= 11 is 1.93. The van der Waals surface area contributed by atoms with Gasteiger partial charge >= 0.3 is 6.03 Å². The fourth-order valence-corrected chi connectivity index (χ4v) is 15.1. The maximum Gasteiger partial charge on any atom is 0.315 e. The van der Waals surface area contributed by atoms with E-state index in [1.54, 1.807) is 16.7 Å². The lowest BCUT2D eigenvalue weighted by Crippen LogP contribution is -2.52. The number of ketones is 1. The van der Waals surface area contributed by atoms with Crippen molar-refractivity contribution in [3.63, 3.8) is 0 Å². The Balaban J connectivity index is 0.745. The maximum atomic E-state index is 13.0. The summed E-state index contributed by atoms with van der Waals surface area (Å²) in [4.78, 5) is 39.6. The highest BCUT2D eigenvalue weighted by Gasteiger charge is 2.61. The van der Waals surface area contributed by atoms with Crippen LogP contribution < -0.4 is 16.0 Å². The van der Waals surface area contributed by atoms with Crippen molar-refractivity contribution in [3.8, 4) is 0 Å². The minimum atomic E-state index is -0.157. The van der Waals surface area contributed by atoms with Gasteiger partial charge in [-0.05, 0) is 132 Å².